The van der Waals surface area contributed by atoms with Gasteiger partial charge in [-0.15, -0.1) is 11.6 Å². The molecule has 0 aromatic heterocycles. The Hall–Kier alpha value is -1.46. The molecular formula is C14H19ClN2O3. The number of hydrogen-bond donors (Lipinski definition) is 3. The average molecular weight is 299 g/mol. The summed E-state index contributed by atoms with van der Waals surface area (Å²) in [4.78, 5) is 13.5. The van der Waals surface area contributed by atoms with Gasteiger partial charge in [-0.2, -0.15) is 0 Å². The summed E-state index contributed by atoms with van der Waals surface area (Å²) in [6.07, 6.45) is 1.55. The summed E-state index contributed by atoms with van der Waals surface area (Å²) in [6.45, 7) is 2.10. The fourth-order valence-electron chi connectivity index (χ4n) is 2.34. The van der Waals surface area contributed by atoms with E-state index in [4.69, 9.17) is 11.6 Å². The van der Waals surface area contributed by atoms with Crippen molar-refractivity contribution in [2.45, 2.75) is 18.9 Å². The second-order valence-electron chi connectivity index (χ2n) is 4.92. The number of aliphatic hydroxyl groups excluding tert-OH is 1. The van der Waals surface area contributed by atoms with Crippen LogP contribution in [0.25, 0.3) is 0 Å². The largest absolute Gasteiger partial charge is 0.478 e. The Morgan fingerprint density at radius 3 is 2.70 bits per heavy atom. The van der Waals surface area contributed by atoms with Crippen molar-refractivity contribution in [3.8, 4) is 0 Å². The molecule has 1 fully saturated rings. The van der Waals surface area contributed by atoms with Gasteiger partial charge in [0, 0.05) is 25.3 Å². The molecule has 1 aromatic carbocycles. The van der Waals surface area contributed by atoms with Gasteiger partial charge in [-0.1, -0.05) is 0 Å². The number of halogens is 1. The number of alkyl halides is 1. The first kappa shape index (κ1) is 14.9. The normalized spacial score (nSPS) is 16.2. The molecule has 0 aliphatic carbocycles. The molecule has 1 aliphatic rings. The summed E-state index contributed by atoms with van der Waals surface area (Å²) >= 11 is 5.52. The van der Waals surface area contributed by atoms with Crippen molar-refractivity contribution in [1.82, 2.24) is 0 Å². The van der Waals surface area contributed by atoms with Crippen LogP contribution >= 0.6 is 11.6 Å². The number of aromatic carboxylic acids is 1. The van der Waals surface area contributed by atoms with Gasteiger partial charge in [0.2, 0.25) is 0 Å². The van der Waals surface area contributed by atoms with E-state index in [1.165, 1.54) is 0 Å². The standard InChI is InChI=1S/C14H19ClN2O3/c15-8-11(18)9-16-10-3-4-13(12(7-10)14(19)20)17-5-1-2-6-17/h3-4,7,11,16,18H,1-2,5-6,8-9H2,(H,19,20). The van der Waals surface area contributed by atoms with Crippen molar-refractivity contribution in [1.29, 1.82) is 0 Å². The lowest BCUT2D eigenvalue weighted by atomic mass is 10.1. The fraction of sp³-hybridized carbons (Fsp3) is 0.500. The highest BCUT2D eigenvalue weighted by Gasteiger charge is 2.19. The van der Waals surface area contributed by atoms with Crippen molar-refractivity contribution in [3.63, 3.8) is 0 Å². The lowest BCUT2D eigenvalue weighted by molar-refractivity contribution is 0.0697. The van der Waals surface area contributed by atoms with E-state index < -0.39 is 12.1 Å². The van der Waals surface area contributed by atoms with Crippen molar-refractivity contribution in [2.24, 2.45) is 0 Å². The Morgan fingerprint density at radius 1 is 1.40 bits per heavy atom. The van der Waals surface area contributed by atoms with Crippen molar-refractivity contribution >= 4 is 28.9 Å². The molecule has 110 valence electrons. The molecule has 1 atom stereocenters. The van der Waals surface area contributed by atoms with Crippen LogP contribution in [0.2, 0.25) is 0 Å². The minimum atomic E-state index is -0.937. The van der Waals surface area contributed by atoms with Gasteiger partial charge in [-0.25, -0.2) is 4.79 Å². The number of nitrogens with zero attached hydrogens (tertiary/aromatic N) is 1. The van der Waals surface area contributed by atoms with Crippen molar-refractivity contribution in [3.05, 3.63) is 23.8 Å². The first-order valence-corrected chi connectivity index (χ1v) is 7.25. The predicted octanol–water partition coefficient (Wildman–Crippen LogP) is 2.00. The number of carboxylic acid groups (broad SMARTS) is 1. The SMILES string of the molecule is O=C(O)c1cc(NCC(O)CCl)ccc1N1CCCC1. The molecular weight excluding hydrogens is 280 g/mol. The van der Waals surface area contributed by atoms with Crippen molar-refractivity contribution in [2.75, 3.05) is 35.7 Å². The second kappa shape index (κ2) is 6.81. The number of anilines is 2. The number of hydrogen-bond acceptors (Lipinski definition) is 4. The molecule has 20 heavy (non-hydrogen) atoms. The highest BCUT2D eigenvalue weighted by atomic mass is 35.5. The average Bonchev–Trinajstić information content (AvgIpc) is 2.98. The topological polar surface area (TPSA) is 72.8 Å². The van der Waals surface area contributed by atoms with Gasteiger partial charge in [-0.05, 0) is 31.0 Å². The number of benzene rings is 1. The highest BCUT2D eigenvalue weighted by molar-refractivity contribution is 6.18. The minimum Gasteiger partial charge on any atom is -0.478 e. The summed E-state index contributed by atoms with van der Waals surface area (Å²) in [5.41, 5.74) is 1.73. The Bertz CT molecular complexity index is 475. The van der Waals surface area contributed by atoms with Gasteiger partial charge in [0.1, 0.15) is 0 Å². The third kappa shape index (κ3) is 3.55. The van der Waals surface area contributed by atoms with E-state index in [1.54, 1.807) is 6.07 Å². The second-order valence-corrected chi connectivity index (χ2v) is 5.23. The first-order chi connectivity index (χ1) is 9.61. The first-order valence-electron chi connectivity index (χ1n) is 6.72. The summed E-state index contributed by atoms with van der Waals surface area (Å²) in [5.74, 6) is -0.793. The van der Waals surface area contributed by atoms with Crippen LogP contribution in [0, 0.1) is 0 Å². The Morgan fingerprint density at radius 2 is 2.10 bits per heavy atom. The molecule has 6 heteroatoms. The number of aliphatic hydroxyl groups is 1. The maximum absolute atomic E-state index is 11.4. The lowest BCUT2D eigenvalue weighted by Crippen LogP contribution is -2.22. The van der Waals surface area contributed by atoms with E-state index in [0.29, 0.717) is 12.2 Å². The predicted molar refractivity (Wildman–Crippen MR) is 80.1 cm³/mol. The van der Waals surface area contributed by atoms with Gasteiger partial charge in [0.15, 0.2) is 0 Å². The quantitative estimate of drug-likeness (QED) is 0.701. The molecule has 1 saturated heterocycles. The molecule has 1 aromatic rings. The Labute approximate surface area is 123 Å². The van der Waals surface area contributed by atoms with Crippen LogP contribution in [0.15, 0.2) is 18.2 Å². The fourth-order valence-corrected chi connectivity index (χ4v) is 2.45. The highest BCUT2D eigenvalue weighted by Crippen LogP contribution is 2.27. The number of nitrogens with one attached hydrogen (secondary N) is 1. The summed E-state index contributed by atoms with van der Waals surface area (Å²) < 4.78 is 0. The van der Waals surface area contributed by atoms with Crippen LogP contribution < -0.4 is 10.2 Å². The van der Waals surface area contributed by atoms with E-state index in [2.05, 4.69) is 10.2 Å². The van der Waals surface area contributed by atoms with Crippen LogP contribution in [0.3, 0.4) is 0 Å². The number of rotatable bonds is 6. The van der Waals surface area contributed by atoms with Gasteiger partial charge in [-0.3, -0.25) is 0 Å². The minimum absolute atomic E-state index is 0.144. The molecule has 0 saturated carbocycles. The zero-order valence-electron chi connectivity index (χ0n) is 11.2. The molecule has 1 unspecified atom stereocenters. The van der Waals surface area contributed by atoms with E-state index in [9.17, 15) is 15.0 Å². The molecule has 1 aliphatic heterocycles. The molecule has 0 amide bonds. The van der Waals surface area contributed by atoms with Crippen LogP contribution in [-0.4, -0.2) is 47.8 Å². The van der Waals surface area contributed by atoms with Crippen LogP contribution in [-0.2, 0) is 0 Å². The van der Waals surface area contributed by atoms with E-state index in [-0.39, 0.29) is 11.4 Å². The number of carbonyl (C=O) groups is 1. The zero-order chi connectivity index (χ0) is 14.5. The monoisotopic (exact) mass is 298 g/mol. The summed E-state index contributed by atoms with van der Waals surface area (Å²) in [5, 5.41) is 21.7. The van der Waals surface area contributed by atoms with Gasteiger partial charge in [0.25, 0.3) is 0 Å². The van der Waals surface area contributed by atoms with Crippen LogP contribution in [0.1, 0.15) is 23.2 Å². The Balaban J connectivity index is 2.16. The third-order valence-corrected chi connectivity index (χ3v) is 3.75. The summed E-state index contributed by atoms with van der Waals surface area (Å²) in [7, 11) is 0. The van der Waals surface area contributed by atoms with E-state index >= 15 is 0 Å². The zero-order valence-corrected chi connectivity index (χ0v) is 11.9. The molecule has 0 radical (unpaired) electrons. The molecule has 0 spiro atoms. The molecule has 5 nitrogen and oxygen atoms in total. The Kier molecular flexibility index (Phi) is 5.09. The van der Waals surface area contributed by atoms with Gasteiger partial charge < -0.3 is 20.4 Å². The smallest absolute Gasteiger partial charge is 0.337 e. The van der Waals surface area contributed by atoms with Crippen LogP contribution in [0.4, 0.5) is 11.4 Å². The van der Waals surface area contributed by atoms with E-state index in [1.807, 2.05) is 12.1 Å². The molecule has 2 rings (SSSR count). The summed E-state index contributed by atoms with van der Waals surface area (Å²) in [6, 6.07) is 5.27. The molecule has 3 N–H and O–H groups in total. The maximum atomic E-state index is 11.4. The molecule has 1 heterocycles. The lowest BCUT2D eigenvalue weighted by Gasteiger charge is -2.21. The van der Waals surface area contributed by atoms with E-state index in [0.717, 1.165) is 31.6 Å². The van der Waals surface area contributed by atoms with Gasteiger partial charge >= 0.3 is 5.97 Å². The van der Waals surface area contributed by atoms with Crippen molar-refractivity contribution < 1.29 is 15.0 Å². The molecule has 0 bridgehead atoms. The third-order valence-electron chi connectivity index (χ3n) is 3.39. The maximum Gasteiger partial charge on any atom is 0.337 e. The number of carboxylic acids is 1. The van der Waals surface area contributed by atoms with Crippen LogP contribution in [0.5, 0.6) is 0 Å². The van der Waals surface area contributed by atoms with Gasteiger partial charge in [0.05, 0.1) is 23.2 Å².